The van der Waals surface area contributed by atoms with Gasteiger partial charge in [-0.05, 0) is 31.0 Å². The lowest BCUT2D eigenvalue weighted by atomic mass is 10.1. The molecule has 0 bridgehead atoms. The molecule has 3 aromatic rings. The molecule has 3 N–H and O–H groups in total. The fraction of sp³-hybridized carbons (Fsp3) is 0.300. The summed E-state index contributed by atoms with van der Waals surface area (Å²) in [7, 11) is 3.20. The largest absolute Gasteiger partial charge is 0.497 e. The molecule has 1 aromatic carbocycles. The molecule has 2 aromatic heterocycles. The van der Waals surface area contributed by atoms with Crippen molar-refractivity contribution in [1.82, 2.24) is 20.1 Å². The molecular formula is C20H20ClN5O2. The van der Waals surface area contributed by atoms with Gasteiger partial charge in [0.15, 0.2) is 0 Å². The Bertz CT molecular complexity index is 1070. The smallest absolute Gasteiger partial charge is 0.147 e. The van der Waals surface area contributed by atoms with Gasteiger partial charge in [-0.15, -0.1) is 0 Å². The second kappa shape index (κ2) is 7.58. The Morgan fingerprint density at radius 2 is 1.96 bits per heavy atom. The van der Waals surface area contributed by atoms with E-state index in [1.807, 2.05) is 16.8 Å². The molecule has 4 rings (SSSR count). The average molecular weight is 398 g/mol. The Morgan fingerprint density at radius 1 is 1.21 bits per heavy atom. The molecule has 0 amide bonds. The first-order valence-corrected chi connectivity index (χ1v) is 9.26. The number of halogens is 1. The van der Waals surface area contributed by atoms with Gasteiger partial charge < -0.3 is 20.5 Å². The van der Waals surface area contributed by atoms with Crippen LogP contribution in [0.25, 0.3) is 10.9 Å². The van der Waals surface area contributed by atoms with Gasteiger partial charge in [0.05, 0.1) is 42.4 Å². The van der Waals surface area contributed by atoms with E-state index in [4.69, 9.17) is 31.9 Å². The summed E-state index contributed by atoms with van der Waals surface area (Å²) in [6, 6.07) is 5.67. The fourth-order valence-electron chi connectivity index (χ4n) is 3.37. The Hall–Kier alpha value is -2.95. The molecule has 0 saturated carbocycles. The summed E-state index contributed by atoms with van der Waals surface area (Å²) < 4.78 is 12.5. The van der Waals surface area contributed by atoms with Gasteiger partial charge in [0, 0.05) is 18.2 Å². The first-order chi connectivity index (χ1) is 13.6. The highest BCUT2D eigenvalue weighted by molar-refractivity contribution is 6.35. The third-order valence-electron chi connectivity index (χ3n) is 4.77. The molecule has 28 heavy (non-hydrogen) atoms. The molecule has 1 atom stereocenters. The van der Waals surface area contributed by atoms with Crippen molar-refractivity contribution in [3.05, 3.63) is 40.7 Å². The SMILES string of the molecule is COc1cc(C#Cc2nn([C@H]3CCNC3)c3c(Cl)cnc(N)c23)cc(OC)c1. The van der Waals surface area contributed by atoms with Gasteiger partial charge in [0.1, 0.15) is 23.0 Å². The van der Waals surface area contributed by atoms with Gasteiger partial charge in [-0.2, -0.15) is 5.10 Å². The Labute approximate surface area is 167 Å². The topological polar surface area (TPSA) is 87.2 Å². The molecule has 0 aliphatic carbocycles. The molecular weight excluding hydrogens is 378 g/mol. The van der Waals surface area contributed by atoms with E-state index < -0.39 is 0 Å². The van der Waals surface area contributed by atoms with Crippen LogP contribution in [-0.4, -0.2) is 42.1 Å². The van der Waals surface area contributed by atoms with E-state index in [2.05, 4.69) is 22.1 Å². The van der Waals surface area contributed by atoms with Gasteiger partial charge in [0.2, 0.25) is 0 Å². The molecule has 0 unspecified atom stereocenters. The minimum absolute atomic E-state index is 0.203. The lowest BCUT2D eigenvalue weighted by Gasteiger charge is -2.11. The number of nitrogen functional groups attached to an aromatic ring is 1. The van der Waals surface area contributed by atoms with Crippen LogP contribution in [0.5, 0.6) is 11.5 Å². The maximum atomic E-state index is 6.44. The number of methoxy groups -OCH3 is 2. The van der Waals surface area contributed by atoms with E-state index in [1.54, 1.807) is 26.5 Å². The number of ether oxygens (including phenoxy) is 2. The van der Waals surface area contributed by atoms with Crippen molar-refractivity contribution >= 4 is 28.3 Å². The molecule has 8 heteroatoms. The second-order valence-corrected chi connectivity index (χ2v) is 6.91. The molecule has 1 aliphatic heterocycles. The van der Waals surface area contributed by atoms with Crippen molar-refractivity contribution < 1.29 is 9.47 Å². The summed E-state index contributed by atoms with van der Waals surface area (Å²) in [5.41, 5.74) is 8.22. The third-order valence-corrected chi connectivity index (χ3v) is 5.04. The summed E-state index contributed by atoms with van der Waals surface area (Å²) in [5, 5.41) is 9.27. The lowest BCUT2D eigenvalue weighted by molar-refractivity contribution is 0.394. The quantitative estimate of drug-likeness (QED) is 0.660. The third kappa shape index (κ3) is 3.33. The van der Waals surface area contributed by atoms with Crippen LogP contribution in [-0.2, 0) is 0 Å². The van der Waals surface area contributed by atoms with E-state index in [-0.39, 0.29) is 6.04 Å². The van der Waals surface area contributed by atoms with E-state index in [0.29, 0.717) is 33.4 Å². The van der Waals surface area contributed by atoms with Crippen LogP contribution in [0.3, 0.4) is 0 Å². The summed E-state index contributed by atoms with van der Waals surface area (Å²) in [6.45, 7) is 1.77. The summed E-state index contributed by atoms with van der Waals surface area (Å²) in [4.78, 5) is 4.19. The van der Waals surface area contributed by atoms with Crippen molar-refractivity contribution in [3.63, 3.8) is 0 Å². The Kier molecular flexibility index (Phi) is 4.99. The van der Waals surface area contributed by atoms with Gasteiger partial charge in [-0.3, -0.25) is 4.68 Å². The minimum atomic E-state index is 0.203. The number of nitrogens with one attached hydrogen (secondary N) is 1. The number of hydrogen-bond donors (Lipinski definition) is 2. The maximum Gasteiger partial charge on any atom is 0.147 e. The first-order valence-electron chi connectivity index (χ1n) is 8.88. The normalized spacial score (nSPS) is 16.0. The van der Waals surface area contributed by atoms with Crippen LogP contribution >= 0.6 is 11.6 Å². The number of nitrogens with two attached hydrogens (primary N) is 1. The number of pyridine rings is 1. The number of nitrogens with zero attached hydrogens (tertiary/aromatic N) is 3. The average Bonchev–Trinajstić information content (AvgIpc) is 3.37. The molecule has 144 valence electrons. The van der Waals surface area contributed by atoms with Crippen molar-refractivity contribution in [2.45, 2.75) is 12.5 Å². The van der Waals surface area contributed by atoms with Crippen molar-refractivity contribution in [1.29, 1.82) is 0 Å². The molecule has 1 fully saturated rings. The number of anilines is 1. The van der Waals surface area contributed by atoms with Crippen LogP contribution < -0.4 is 20.5 Å². The monoisotopic (exact) mass is 397 g/mol. The van der Waals surface area contributed by atoms with Gasteiger partial charge in [-0.25, -0.2) is 4.98 Å². The number of hydrogen-bond acceptors (Lipinski definition) is 6. The standard InChI is InChI=1S/C20H20ClN5O2/c1-27-14-7-12(8-15(9-14)28-2)3-4-17-18-19(16(21)11-24-20(18)22)26(25-17)13-5-6-23-10-13/h7-9,11,13,23H,5-6,10H2,1-2H3,(H2,22,24)/t13-/m0/s1. The predicted octanol–water partition coefficient (Wildman–Crippen LogP) is 2.62. The number of rotatable bonds is 3. The zero-order valence-electron chi connectivity index (χ0n) is 15.6. The van der Waals surface area contributed by atoms with Gasteiger partial charge >= 0.3 is 0 Å². The number of benzene rings is 1. The lowest BCUT2D eigenvalue weighted by Crippen LogP contribution is -2.14. The van der Waals surface area contributed by atoms with Gasteiger partial charge in [-0.1, -0.05) is 17.5 Å². The van der Waals surface area contributed by atoms with Crippen molar-refractivity contribution in [2.75, 3.05) is 33.0 Å². The highest BCUT2D eigenvalue weighted by Gasteiger charge is 2.24. The Balaban J connectivity index is 1.85. The minimum Gasteiger partial charge on any atom is -0.497 e. The Morgan fingerprint density at radius 3 is 2.61 bits per heavy atom. The van der Waals surface area contributed by atoms with E-state index in [9.17, 15) is 0 Å². The molecule has 1 aliphatic rings. The highest BCUT2D eigenvalue weighted by Crippen LogP contribution is 2.32. The molecule has 0 radical (unpaired) electrons. The van der Waals surface area contributed by atoms with Crippen molar-refractivity contribution in [2.24, 2.45) is 0 Å². The predicted molar refractivity (Wildman–Crippen MR) is 109 cm³/mol. The maximum absolute atomic E-state index is 6.44. The van der Waals surface area contributed by atoms with Crippen LogP contribution in [0.4, 0.5) is 5.82 Å². The van der Waals surface area contributed by atoms with Crippen LogP contribution in [0, 0.1) is 11.8 Å². The first kappa shape index (κ1) is 18.4. The van der Waals surface area contributed by atoms with Gasteiger partial charge in [0.25, 0.3) is 0 Å². The molecule has 3 heterocycles. The van der Waals surface area contributed by atoms with E-state index in [1.165, 1.54) is 0 Å². The second-order valence-electron chi connectivity index (χ2n) is 6.51. The summed E-state index contributed by atoms with van der Waals surface area (Å²) >= 11 is 6.44. The zero-order valence-corrected chi connectivity index (χ0v) is 16.4. The zero-order chi connectivity index (χ0) is 19.7. The molecule has 0 spiro atoms. The van der Waals surface area contributed by atoms with Crippen LogP contribution in [0.15, 0.2) is 24.4 Å². The van der Waals surface area contributed by atoms with Crippen molar-refractivity contribution in [3.8, 4) is 23.3 Å². The number of aromatic nitrogens is 3. The molecule has 7 nitrogen and oxygen atoms in total. The highest BCUT2D eigenvalue weighted by atomic mass is 35.5. The number of fused-ring (bicyclic) bond motifs is 1. The van der Waals surface area contributed by atoms with E-state index in [0.717, 1.165) is 30.6 Å². The van der Waals surface area contributed by atoms with Crippen LogP contribution in [0.2, 0.25) is 5.02 Å². The molecule has 1 saturated heterocycles. The summed E-state index contributed by atoms with van der Waals surface area (Å²) in [6.07, 6.45) is 2.53. The van der Waals surface area contributed by atoms with E-state index >= 15 is 0 Å². The van der Waals surface area contributed by atoms with Crippen LogP contribution in [0.1, 0.15) is 23.7 Å². The fourth-order valence-corrected chi connectivity index (χ4v) is 3.60. The summed E-state index contributed by atoms with van der Waals surface area (Å²) in [5.74, 6) is 7.95.